The SMILES string of the molecule is CC1=CC(=O)c2cc(/C(C)=N/N=C(N)N)ccc2C1=O. The molecule has 20 heavy (non-hydrogen) atoms. The van der Waals surface area contributed by atoms with Gasteiger partial charge in [-0.15, -0.1) is 5.10 Å². The quantitative estimate of drug-likeness (QED) is 0.474. The van der Waals surface area contributed by atoms with Crippen molar-refractivity contribution in [3.8, 4) is 0 Å². The van der Waals surface area contributed by atoms with Crippen molar-refractivity contribution < 1.29 is 9.59 Å². The Kier molecular flexibility index (Phi) is 3.47. The zero-order chi connectivity index (χ0) is 14.9. The van der Waals surface area contributed by atoms with E-state index < -0.39 is 0 Å². The number of nitrogens with two attached hydrogens (primary N) is 2. The summed E-state index contributed by atoms with van der Waals surface area (Å²) < 4.78 is 0. The highest BCUT2D eigenvalue weighted by molar-refractivity contribution is 6.24. The summed E-state index contributed by atoms with van der Waals surface area (Å²) in [4.78, 5) is 23.9. The number of hydrogen-bond acceptors (Lipinski definition) is 4. The largest absolute Gasteiger partial charge is 0.369 e. The second-order valence-electron chi connectivity index (χ2n) is 4.49. The van der Waals surface area contributed by atoms with Gasteiger partial charge in [0, 0.05) is 16.7 Å². The monoisotopic (exact) mass is 270 g/mol. The molecule has 1 aromatic carbocycles. The summed E-state index contributed by atoms with van der Waals surface area (Å²) in [7, 11) is 0. The van der Waals surface area contributed by atoms with Crippen LogP contribution < -0.4 is 11.5 Å². The minimum absolute atomic E-state index is 0.134. The summed E-state index contributed by atoms with van der Waals surface area (Å²) >= 11 is 0. The van der Waals surface area contributed by atoms with Gasteiger partial charge in [-0.05, 0) is 37.6 Å². The maximum absolute atomic E-state index is 12.0. The maximum atomic E-state index is 12.0. The summed E-state index contributed by atoms with van der Waals surface area (Å²) in [5.41, 5.74) is 12.9. The minimum atomic E-state index is -0.186. The standard InChI is InChI=1S/C14H14N4O2/c1-7-5-12(19)11-6-9(3-4-10(11)13(7)20)8(2)17-18-14(15)16/h3-6H,1-2H3,(H4,15,16,18)/b17-8+. The van der Waals surface area contributed by atoms with E-state index in [-0.39, 0.29) is 17.5 Å². The van der Waals surface area contributed by atoms with Crippen LogP contribution >= 0.6 is 0 Å². The fourth-order valence-electron chi connectivity index (χ4n) is 1.91. The molecule has 0 saturated carbocycles. The molecule has 0 spiro atoms. The lowest BCUT2D eigenvalue weighted by molar-refractivity contribution is 0.0984. The Balaban J connectivity index is 2.48. The number of nitrogens with zero attached hydrogens (tertiary/aromatic N) is 2. The molecule has 0 unspecified atom stereocenters. The van der Waals surface area contributed by atoms with Crippen LogP contribution in [0.5, 0.6) is 0 Å². The van der Waals surface area contributed by atoms with Crippen LogP contribution in [0.15, 0.2) is 40.1 Å². The molecule has 4 N–H and O–H groups in total. The summed E-state index contributed by atoms with van der Waals surface area (Å²) in [6, 6.07) is 4.96. The highest BCUT2D eigenvalue weighted by Crippen LogP contribution is 2.22. The molecule has 0 saturated heterocycles. The van der Waals surface area contributed by atoms with E-state index in [1.807, 2.05) is 0 Å². The lowest BCUT2D eigenvalue weighted by Gasteiger charge is -2.13. The molecule has 6 heteroatoms. The van der Waals surface area contributed by atoms with Crippen LogP contribution in [-0.2, 0) is 0 Å². The topological polar surface area (TPSA) is 111 Å². The van der Waals surface area contributed by atoms with E-state index in [0.717, 1.165) is 0 Å². The number of carbonyl (C=O) groups is 2. The van der Waals surface area contributed by atoms with E-state index in [2.05, 4.69) is 10.2 Å². The van der Waals surface area contributed by atoms with E-state index in [1.54, 1.807) is 32.0 Å². The van der Waals surface area contributed by atoms with Gasteiger partial charge in [-0.1, -0.05) is 6.07 Å². The Morgan fingerprint density at radius 1 is 1.10 bits per heavy atom. The van der Waals surface area contributed by atoms with Crippen LogP contribution in [0.2, 0.25) is 0 Å². The Morgan fingerprint density at radius 3 is 2.45 bits per heavy atom. The molecule has 1 aromatic rings. The van der Waals surface area contributed by atoms with Crippen LogP contribution in [0.25, 0.3) is 0 Å². The second-order valence-corrected chi connectivity index (χ2v) is 4.49. The van der Waals surface area contributed by atoms with Crippen LogP contribution in [-0.4, -0.2) is 23.2 Å². The number of carbonyl (C=O) groups excluding carboxylic acids is 2. The van der Waals surface area contributed by atoms with Gasteiger partial charge in [0.15, 0.2) is 11.6 Å². The molecular weight excluding hydrogens is 256 g/mol. The predicted octanol–water partition coefficient (Wildman–Crippen LogP) is 1.01. The van der Waals surface area contributed by atoms with E-state index in [1.165, 1.54) is 6.08 Å². The smallest absolute Gasteiger partial charge is 0.211 e. The number of ketones is 2. The fraction of sp³-hybridized carbons (Fsp3) is 0.143. The maximum Gasteiger partial charge on any atom is 0.211 e. The van der Waals surface area contributed by atoms with Gasteiger partial charge in [0.1, 0.15) is 0 Å². The van der Waals surface area contributed by atoms with E-state index in [0.29, 0.717) is 28.0 Å². The van der Waals surface area contributed by atoms with Crippen molar-refractivity contribution in [2.45, 2.75) is 13.8 Å². The van der Waals surface area contributed by atoms with Gasteiger partial charge >= 0.3 is 0 Å². The Morgan fingerprint density at radius 2 is 1.80 bits per heavy atom. The van der Waals surface area contributed by atoms with Gasteiger partial charge < -0.3 is 11.5 Å². The third-order valence-corrected chi connectivity index (χ3v) is 2.97. The number of fused-ring (bicyclic) bond motifs is 1. The number of allylic oxidation sites excluding steroid dienone is 2. The molecule has 6 nitrogen and oxygen atoms in total. The summed E-state index contributed by atoms with van der Waals surface area (Å²) in [5, 5.41) is 7.40. The Hall–Kier alpha value is -2.76. The van der Waals surface area contributed by atoms with E-state index in [9.17, 15) is 9.59 Å². The molecule has 1 aliphatic carbocycles. The van der Waals surface area contributed by atoms with Gasteiger partial charge in [0.2, 0.25) is 5.96 Å². The number of benzene rings is 1. The van der Waals surface area contributed by atoms with Crippen molar-refractivity contribution in [3.05, 3.63) is 46.5 Å². The summed E-state index contributed by atoms with van der Waals surface area (Å²) in [6.45, 7) is 3.34. The summed E-state index contributed by atoms with van der Waals surface area (Å²) in [6.07, 6.45) is 1.34. The Bertz CT molecular complexity index is 695. The van der Waals surface area contributed by atoms with Crippen molar-refractivity contribution in [1.29, 1.82) is 0 Å². The number of Topliss-reactive ketones (excluding diaryl/α,β-unsaturated/α-hetero) is 1. The molecule has 102 valence electrons. The fourth-order valence-corrected chi connectivity index (χ4v) is 1.91. The van der Waals surface area contributed by atoms with Crippen LogP contribution in [0, 0.1) is 0 Å². The molecule has 0 fully saturated rings. The predicted molar refractivity (Wildman–Crippen MR) is 76.9 cm³/mol. The average molecular weight is 270 g/mol. The summed E-state index contributed by atoms with van der Waals surface area (Å²) in [5.74, 6) is -0.467. The van der Waals surface area contributed by atoms with Gasteiger partial charge in [-0.25, -0.2) is 0 Å². The zero-order valence-electron chi connectivity index (χ0n) is 11.2. The zero-order valence-corrected chi connectivity index (χ0v) is 11.2. The van der Waals surface area contributed by atoms with Gasteiger partial charge in [0.25, 0.3) is 0 Å². The third-order valence-electron chi connectivity index (χ3n) is 2.97. The molecule has 0 aromatic heterocycles. The highest BCUT2D eigenvalue weighted by atomic mass is 16.1. The molecule has 0 radical (unpaired) electrons. The molecule has 2 rings (SSSR count). The molecule has 0 atom stereocenters. The van der Waals surface area contributed by atoms with Crippen molar-refractivity contribution in [2.75, 3.05) is 0 Å². The normalized spacial score (nSPS) is 14.7. The van der Waals surface area contributed by atoms with Gasteiger partial charge in [0.05, 0.1) is 5.71 Å². The molecule has 0 heterocycles. The third kappa shape index (κ3) is 2.49. The molecule has 0 bridgehead atoms. The number of guanidine groups is 1. The van der Waals surface area contributed by atoms with Crippen LogP contribution in [0.4, 0.5) is 0 Å². The first-order valence-corrected chi connectivity index (χ1v) is 5.95. The van der Waals surface area contributed by atoms with Gasteiger partial charge in [-0.3, -0.25) is 9.59 Å². The lowest BCUT2D eigenvalue weighted by atomic mass is 9.88. The second kappa shape index (κ2) is 5.08. The first-order valence-electron chi connectivity index (χ1n) is 5.95. The van der Waals surface area contributed by atoms with Gasteiger partial charge in [-0.2, -0.15) is 5.10 Å². The average Bonchev–Trinajstić information content (AvgIpc) is 2.41. The van der Waals surface area contributed by atoms with Crippen molar-refractivity contribution in [2.24, 2.45) is 21.7 Å². The van der Waals surface area contributed by atoms with E-state index >= 15 is 0 Å². The molecular formula is C14H14N4O2. The minimum Gasteiger partial charge on any atom is -0.369 e. The Labute approximate surface area is 115 Å². The van der Waals surface area contributed by atoms with Crippen molar-refractivity contribution in [3.63, 3.8) is 0 Å². The van der Waals surface area contributed by atoms with Crippen molar-refractivity contribution >= 4 is 23.2 Å². The molecule has 0 amide bonds. The molecule has 0 aliphatic heterocycles. The molecule has 1 aliphatic rings. The number of hydrogen-bond donors (Lipinski definition) is 2. The lowest BCUT2D eigenvalue weighted by Crippen LogP contribution is -2.22. The number of rotatable bonds is 2. The van der Waals surface area contributed by atoms with Crippen molar-refractivity contribution in [1.82, 2.24) is 0 Å². The van der Waals surface area contributed by atoms with E-state index in [4.69, 9.17) is 11.5 Å². The first-order chi connectivity index (χ1) is 9.40. The highest BCUT2D eigenvalue weighted by Gasteiger charge is 2.23. The van der Waals surface area contributed by atoms with Crippen LogP contribution in [0.1, 0.15) is 40.1 Å². The van der Waals surface area contributed by atoms with Crippen LogP contribution in [0.3, 0.4) is 0 Å². The first kappa shape index (κ1) is 13.7.